The zero-order valence-corrected chi connectivity index (χ0v) is 10.9. The lowest BCUT2D eigenvalue weighted by molar-refractivity contribution is 0.0771. The highest BCUT2D eigenvalue weighted by Crippen LogP contribution is 2.31. The van der Waals surface area contributed by atoms with E-state index < -0.39 is 0 Å². The van der Waals surface area contributed by atoms with Crippen LogP contribution in [0.1, 0.15) is 10.4 Å². The second kappa shape index (κ2) is 5.10. The summed E-state index contributed by atoms with van der Waals surface area (Å²) in [6, 6.07) is 5.43. The molecule has 4 nitrogen and oxygen atoms in total. The molecule has 1 saturated heterocycles. The SMILES string of the molecule is O=C(c1ccc2c(c1)OCCO2)N1CCSCC1. The van der Waals surface area contributed by atoms with Crippen molar-refractivity contribution >= 4 is 17.7 Å². The average molecular weight is 265 g/mol. The van der Waals surface area contributed by atoms with E-state index >= 15 is 0 Å². The summed E-state index contributed by atoms with van der Waals surface area (Å²) in [7, 11) is 0. The smallest absolute Gasteiger partial charge is 0.254 e. The van der Waals surface area contributed by atoms with Gasteiger partial charge in [-0.2, -0.15) is 11.8 Å². The number of ether oxygens (including phenoxy) is 2. The fourth-order valence-corrected chi connectivity index (χ4v) is 3.03. The summed E-state index contributed by atoms with van der Waals surface area (Å²) in [6.07, 6.45) is 0. The number of thioether (sulfide) groups is 1. The van der Waals surface area contributed by atoms with Crippen LogP contribution in [-0.2, 0) is 0 Å². The molecule has 18 heavy (non-hydrogen) atoms. The molecule has 0 N–H and O–H groups in total. The number of carbonyl (C=O) groups is 1. The van der Waals surface area contributed by atoms with E-state index in [2.05, 4.69) is 0 Å². The molecule has 1 aromatic rings. The van der Waals surface area contributed by atoms with Crippen LogP contribution in [0.15, 0.2) is 18.2 Å². The molecule has 0 radical (unpaired) electrons. The molecule has 1 fully saturated rings. The first-order valence-electron chi connectivity index (χ1n) is 6.11. The van der Waals surface area contributed by atoms with Crippen LogP contribution in [0.3, 0.4) is 0 Å². The Morgan fingerprint density at radius 2 is 1.83 bits per heavy atom. The molecule has 0 bridgehead atoms. The van der Waals surface area contributed by atoms with E-state index in [1.807, 2.05) is 28.8 Å². The quantitative estimate of drug-likeness (QED) is 0.774. The van der Waals surface area contributed by atoms with E-state index in [0.29, 0.717) is 24.5 Å². The van der Waals surface area contributed by atoms with Crippen molar-refractivity contribution in [2.45, 2.75) is 0 Å². The molecular formula is C13H15NO3S. The lowest BCUT2D eigenvalue weighted by atomic mass is 10.1. The molecule has 0 saturated carbocycles. The van der Waals surface area contributed by atoms with Gasteiger partial charge in [-0.05, 0) is 18.2 Å². The van der Waals surface area contributed by atoms with Crippen molar-refractivity contribution in [2.24, 2.45) is 0 Å². The Labute approximate surface area is 110 Å². The highest BCUT2D eigenvalue weighted by Gasteiger charge is 2.20. The van der Waals surface area contributed by atoms with Crippen LogP contribution in [0, 0.1) is 0 Å². The minimum absolute atomic E-state index is 0.0901. The Bertz CT molecular complexity index is 458. The van der Waals surface area contributed by atoms with Crippen molar-refractivity contribution in [1.29, 1.82) is 0 Å². The van der Waals surface area contributed by atoms with Gasteiger partial charge >= 0.3 is 0 Å². The normalized spacial score (nSPS) is 18.6. The molecule has 0 aliphatic carbocycles. The van der Waals surface area contributed by atoms with Gasteiger partial charge in [0, 0.05) is 30.2 Å². The fraction of sp³-hybridized carbons (Fsp3) is 0.462. The number of amides is 1. The second-order valence-corrected chi connectivity index (χ2v) is 5.49. The number of hydrogen-bond donors (Lipinski definition) is 0. The average Bonchev–Trinajstić information content (AvgIpc) is 2.47. The van der Waals surface area contributed by atoms with Gasteiger partial charge in [-0.15, -0.1) is 0 Å². The summed E-state index contributed by atoms with van der Waals surface area (Å²) < 4.78 is 11.0. The van der Waals surface area contributed by atoms with E-state index in [1.165, 1.54) is 0 Å². The Morgan fingerprint density at radius 1 is 1.11 bits per heavy atom. The molecule has 2 aliphatic heterocycles. The monoisotopic (exact) mass is 265 g/mol. The Kier molecular flexibility index (Phi) is 3.32. The number of rotatable bonds is 1. The summed E-state index contributed by atoms with van der Waals surface area (Å²) in [6.45, 7) is 2.78. The molecule has 96 valence electrons. The minimum Gasteiger partial charge on any atom is -0.486 e. The van der Waals surface area contributed by atoms with E-state index in [9.17, 15) is 4.79 Å². The number of hydrogen-bond acceptors (Lipinski definition) is 4. The highest BCUT2D eigenvalue weighted by molar-refractivity contribution is 7.99. The van der Waals surface area contributed by atoms with Crippen LogP contribution in [0.25, 0.3) is 0 Å². The van der Waals surface area contributed by atoms with E-state index in [0.717, 1.165) is 30.3 Å². The summed E-state index contributed by atoms with van der Waals surface area (Å²) in [5.74, 6) is 3.55. The van der Waals surface area contributed by atoms with Gasteiger partial charge in [-0.3, -0.25) is 4.79 Å². The zero-order chi connectivity index (χ0) is 12.4. The molecule has 0 spiro atoms. The number of fused-ring (bicyclic) bond motifs is 1. The van der Waals surface area contributed by atoms with Gasteiger partial charge in [0.05, 0.1) is 0 Å². The summed E-state index contributed by atoms with van der Waals surface area (Å²) >= 11 is 1.90. The summed E-state index contributed by atoms with van der Waals surface area (Å²) in [5, 5.41) is 0. The molecule has 0 atom stereocenters. The zero-order valence-electron chi connectivity index (χ0n) is 10.1. The highest BCUT2D eigenvalue weighted by atomic mass is 32.2. The van der Waals surface area contributed by atoms with Crippen molar-refractivity contribution in [1.82, 2.24) is 4.90 Å². The van der Waals surface area contributed by atoms with Crippen molar-refractivity contribution in [3.8, 4) is 11.5 Å². The maximum Gasteiger partial charge on any atom is 0.254 e. The Hall–Kier alpha value is -1.36. The molecule has 2 aliphatic rings. The van der Waals surface area contributed by atoms with Crippen LogP contribution < -0.4 is 9.47 Å². The molecule has 0 aromatic heterocycles. The molecule has 5 heteroatoms. The first kappa shape index (κ1) is 11.7. The Morgan fingerprint density at radius 3 is 2.61 bits per heavy atom. The third-order valence-corrected chi connectivity index (χ3v) is 4.03. The lowest BCUT2D eigenvalue weighted by Crippen LogP contribution is -2.37. The van der Waals surface area contributed by atoms with E-state index in [4.69, 9.17) is 9.47 Å². The standard InChI is InChI=1S/C13H15NO3S/c15-13(14-3-7-18-8-4-14)10-1-2-11-12(9-10)17-6-5-16-11/h1-2,9H,3-8H2. The van der Waals surface area contributed by atoms with E-state index in [-0.39, 0.29) is 5.91 Å². The van der Waals surface area contributed by atoms with Crippen molar-refractivity contribution in [3.63, 3.8) is 0 Å². The summed E-state index contributed by atoms with van der Waals surface area (Å²) in [4.78, 5) is 14.2. The third kappa shape index (κ3) is 2.27. The van der Waals surface area contributed by atoms with Crippen LogP contribution >= 0.6 is 11.8 Å². The van der Waals surface area contributed by atoms with Crippen LogP contribution in [0.4, 0.5) is 0 Å². The van der Waals surface area contributed by atoms with Gasteiger partial charge in [0.1, 0.15) is 13.2 Å². The van der Waals surface area contributed by atoms with Crippen LogP contribution in [0.2, 0.25) is 0 Å². The fourth-order valence-electron chi connectivity index (χ4n) is 2.13. The first-order valence-corrected chi connectivity index (χ1v) is 7.27. The van der Waals surface area contributed by atoms with E-state index in [1.54, 1.807) is 6.07 Å². The first-order chi connectivity index (χ1) is 8.84. The predicted molar refractivity (Wildman–Crippen MR) is 70.7 cm³/mol. The third-order valence-electron chi connectivity index (χ3n) is 3.09. The largest absolute Gasteiger partial charge is 0.486 e. The summed E-state index contributed by atoms with van der Waals surface area (Å²) in [5.41, 5.74) is 0.686. The minimum atomic E-state index is 0.0901. The number of carbonyl (C=O) groups excluding carboxylic acids is 1. The number of benzene rings is 1. The second-order valence-electron chi connectivity index (χ2n) is 4.26. The van der Waals surface area contributed by atoms with Gasteiger partial charge in [0.2, 0.25) is 0 Å². The van der Waals surface area contributed by atoms with Crippen molar-refractivity contribution < 1.29 is 14.3 Å². The molecule has 2 heterocycles. The van der Waals surface area contributed by atoms with Gasteiger partial charge in [-0.25, -0.2) is 0 Å². The molecule has 3 rings (SSSR count). The number of nitrogens with zero attached hydrogens (tertiary/aromatic N) is 1. The van der Waals surface area contributed by atoms with Crippen LogP contribution in [0.5, 0.6) is 11.5 Å². The molecule has 1 aromatic carbocycles. The van der Waals surface area contributed by atoms with Gasteiger partial charge in [0.25, 0.3) is 5.91 Å². The predicted octanol–water partition coefficient (Wildman–Crippen LogP) is 1.65. The maximum atomic E-state index is 12.3. The topological polar surface area (TPSA) is 38.8 Å². The lowest BCUT2D eigenvalue weighted by Gasteiger charge is -2.27. The van der Waals surface area contributed by atoms with Gasteiger partial charge < -0.3 is 14.4 Å². The van der Waals surface area contributed by atoms with Crippen LogP contribution in [-0.4, -0.2) is 48.6 Å². The molecule has 1 amide bonds. The molecular weight excluding hydrogens is 250 g/mol. The van der Waals surface area contributed by atoms with Gasteiger partial charge in [-0.1, -0.05) is 0 Å². The van der Waals surface area contributed by atoms with Crippen molar-refractivity contribution in [3.05, 3.63) is 23.8 Å². The molecule has 0 unspecified atom stereocenters. The van der Waals surface area contributed by atoms with Gasteiger partial charge in [0.15, 0.2) is 11.5 Å². The maximum absolute atomic E-state index is 12.3. The Balaban J connectivity index is 1.80. The van der Waals surface area contributed by atoms with Crippen molar-refractivity contribution in [2.75, 3.05) is 37.8 Å².